The first-order valence-electron chi connectivity index (χ1n) is 6.41. The van der Waals surface area contributed by atoms with Gasteiger partial charge >= 0.3 is 0 Å². The number of benzene rings is 1. The number of nitrogens with zero attached hydrogens (tertiary/aromatic N) is 2. The third-order valence-corrected chi connectivity index (χ3v) is 3.64. The first-order chi connectivity index (χ1) is 9.11. The minimum absolute atomic E-state index is 0.0520. The highest BCUT2D eigenvalue weighted by atomic mass is 16.2. The Kier molecular flexibility index (Phi) is 3.96. The fourth-order valence-electron chi connectivity index (χ4n) is 2.37. The Bertz CT molecular complexity index is 518. The summed E-state index contributed by atoms with van der Waals surface area (Å²) in [5, 5.41) is 8.73. The van der Waals surface area contributed by atoms with E-state index in [1.165, 1.54) is 0 Å². The first-order valence-corrected chi connectivity index (χ1v) is 6.41. The predicted molar refractivity (Wildman–Crippen MR) is 70.5 cm³/mol. The van der Waals surface area contributed by atoms with Gasteiger partial charge in [0.25, 0.3) is 5.91 Å². The molecule has 0 atom stereocenters. The minimum atomic E-state index is -0.0520. The van der Waals surface area contributed by atoms with Gasteiger partial charge in [0.2, 0.25) is 0 Å². The van der Waals surface area contributed by atoms with Crippen LogP contribution in [0.1, 0.15) is 41.6 Å². The number of carbonyl (C=O) groups is 2. The molecule has 0 unspecified atom stereocenters. The van der Waals surface area contributed by atoms with E-state index in [0.29, 0.717) is 24.0 Å². The Hall–Kier alpha value is -2.15. The standard InChI is InChI=1S/C15H16N2O2/c1-17(13-6-8-14(18)9-7-13)15(19)12-4-2-11(10-16)3-5-12/h2-5,13H,6-9H2,1H3. The summed E-state index contributed by atoms with van der Waals surface area (Å²) in [6.07, 6.45) is 2.63. The maximum Gasteiger partial charge on any atom is 0.253 e. The molecule has 98 valence electrons. The lowest BCUT2D eigenvalue weighted by molar-refractivity contribution is -0.121. The molecule has 0 saturated heterocycles. The van der Waals surface area contributed by atoms with E-state index < -0.39 is 0 Å². The van der Waals surface area contributed by atoms with Crippen molar-refractivity contribution in [3.8, 4) is 6.07 Å². The van der Waals surface area contributed by atoms with E-state index in [4.69, 9.17) is 5.26 Å². The largest absolute Gasteiger partial charge is 0.339 e. The van der Waals surface area contributed by atoms with Crippen molar-refractivity contribution in [3.63, 3.8) is 0 Å². The van der Waals surface area contributed by atoms with Crippen LogP contribution in [0.25, 0.3) is 0 Å². The van der Waals surface area contributed by atoms with Crippen LogP contribution in [0.15, 0.2) is 24.3 Å². The van der Waals surface area contributed by atoms with Gasteiger partial charge in [0.15, 0.2) is 0 Å². The average Bonchev–Trinajstić information content (AvgIpc) is 2.46. The lowest BCUT2D eigenvalue weighted by atomic mass is 9.93. The van der Waals surface area contributed by atoms with Crippen LogP contribution in [0.4, 0.5) is 0 Å². The zero-order chi connectivity index (χ0) is 13.8. The van der Waals surface area contributed by atoms with Crippen LogP contribution < -0.4 is 0 Å². The zero-order valence-electron chi connectivity index (χ0n) is 10.9. The van der Waals surface area contributed by atoms with Gasteiger partial charge in [-0.25, -0.2) is 0 Å². The van der Waals surface area contributed by atoms with Gasteiger partial charge < -0.3 is 4.90 Å². The highest BCUT2D eigenvalue weighted by Crippen LogP contribution is 2.21. The van der Waals surface area contributed by atoms with Gasteiger partial charge in [-0.15, -0.1) is 0 Å². The molecule has 0 bridgehead atoms. The van der Waals surface area contributed by atoms with Crippen LogP contribution >= 0.6 is 0 Å². The molecule has 4 heteroatoms. The number of hydrogen-bond donors (Lipinski definition) is 0. The smallest absolute Gasteiger partial charge is 0.253 e. The Morgan fingerprint density at radius 3 is 2.37 bits per heavy atom. The Morgan fingerprint density at radius 2 is 1.84 bits per heavy atom. The summed E-state index contributed by atoms with van der Waals surface area (Å²) in [6, 6.07) is 8.80. The van der Waals surface area contributed by atoms with Gasteiger partial charge in [-0.2, -0.15) is 5.26 Å². The fraction of sp³-hybridized carbons (Fsp3) is 0.400. The molecule has 0 N–H and O–H groups in total. The van der Waals surface area contributed by atoms with Crippen molar-refractivity contribution in [1.29, 1.82) is 5.26 Å². The molecule has 0 radical (unpaired) electrons. The highest BCUT2D eigenvalue weighted by molar-refractivity contribution is 5.94. The molecule has 1 aromatic rings. The van der Waals surface area contributed by atoms with E-state index in [9.17, 15) is 9.59 Å². The molecule has 19 heavy (non-hydrogen) atoms. The van der Waals surface area contributed by atoms with Gasteiger partial charge in [-0.1, -0.05) is 0 Å². The molecule has 0 aromatic heterocycles. The molecular formula is C15H16N2O2. The van der Waals surface area contributed by atoms with Crippen LogP contribution in [0, 0.1) is 11.3 Å². The second kappa shape index (κ2) is 5.66. The van der Waals surface area contributed by atoms with Crippen LogP contribution in [0.3, 0.4) is 0 Å². The van der Waals surface area contributed by atoms with Gasteiger partial charge in [0, 0.05) is 31.5 Å². The van der Waals surface area contributed by atoms with Crippen LogP contribution in [-0.4, -0.2) is 29.7 Å². The van der Waals surface area contributed by atoms with Crippen LogP contribution in [0.2, 0.25) is 0 Å². The fourth-order valence-corrected chi connectivity index (χ4v) is 2.37. The number of carbonyl (C=O) groups excluding carboxylic acids is 2. The van der Waals surface area contributed by atoms with Gasteiger partial charge in [-0.3, -0.25) is 9.59 Å². The maximum atomic E-state index is 12.3. The highest BCUT2D eigenvalue weighted by Gasteiger charge is 2.25. The Balaban J connectivity index is 2.06. The molecule has 1 fully saturated rings. The second-order valence-corrected chi connectivity index (χ2v) is 4.88. The molecular weight excluding hydrogens is 240 g/mol. The molecule has 0 heterocycles. The van der Waals surface area contributed by atoms with E-state index in [-0.39, 0.29) is 17.7 Å². The van der Waals surface area contributed by atoms with E-state index in [2.05, 4.69) is 0 Å². The summed E-state index contributed by atoms with van der Waals surface area (Å²) in [7, 11) is 1.78. The number of Topliss-reactive ketones (excluding diaryl/α,β-unsaturated/α-hetero) is 1. The monoisotopic (exact) mass is 256 g/mol. The summed E-state index contributed by atoms with van der Waals surface area (Å²) in [6.45, 7) is 0. The van der Waals surface area contributed by atoms with E-state index >= 15 is 0 Å². The Morgan fingerprint density at radius 1 is 1.26 bits per heavy atom. The lowest BCUT2D eigenvalue weighted by Crippen LogP contribution is -2.39. The minimum Gasteiger partial charge on any atom is -0.339 e. The molecule has 1 aliphatic carbocycles. The number of hydrogen-bond acceptors (Lipinski definition) is 3. The lowest BCUT2D eigenvalue weighted by Gasteiger charge is -2.30. The van der Waals surface area contributed by atoms with Crippen LogP contribution in [-0.2, 0) is 4.79 Å². The Labute approximate surface area is 112 Å². The quantitative estimate of drug-likeness (QED) is 0.814. The summed E-state index contributed by atoms with van der Waals surface area (Å²) < 4.78 is 0. The number of ketones is 1. The SMILES string of the molecule is CN(C(=O)c1ccc(C#N)cc1)C1CCC(=O)CC1. The second-order valence-electron chi connectivity index (χ2n) is 4.88. The van der Waals surface area contributed by atoms with E-state index in [0.717, 1.165) is 12.8 Å². The first kappa shape index (κ1) is 13.3. The van der Waals surface area contributed by atoms with Crippen molar-refractivity contribution in [1.82, 2.24) is 4.90 Å². The number of rotatable bonds is 2. The van der Waals surface area contributed by atoms with Gasteiger partial charge in [0.05, 0.1) is 11.6 Å². The van der Waals surface area contributed by atoms with Gasteiger partial charge in [-0.05, 0) is 37.1 Å². The molecule has 1 aromatic carbocycles. The summed E-state index contributed by atoms with van der Waals surface area (Å²) in [5.74, 6) is 0.235. The van der Waals surface area contributed by atoms with Crippen molar-refractivity contribution >= 4 is 11.7 Å². The van der Waals surface area contributed by atoms with Gasteiger partial charge in [0.1, 0.15) is 5.78 Å². The summed E-state index contributed by atoms with van der Waals surface area (Å²) in [5.41, 5.74) is 1.13. The maximum absolute atomic E-state index is 12.3. The molecule has 0 aliphatic heterocycles. The topological polar surface area (TPSA) is 61.2 Å². The summed E-state index contributed by atoms with van der Waals surface area (Å²) >= 11 is 0. The predicted octanol–water partition coefficient (Wildman–Crippen LogP) is 2.14. The molecule has 1 amide bonds. The van der Waals surface area contributed by atoms with E-state index in [1.807, 2.05) is 6.07 Å². The molecule has 4 nitrogen and oxygen atoms in total. The van der Waals surface area contributed by atoms with Crippen molar-refractivity contribution < 1.29 is 9.59 Å². The third-order valence-electron chi connectivity index (χ3n) is 3.64. The molecule has 1 aliphatic rings. The van der Waals surface area contributed by atoms with Crippen molar-refractivity contribution in [3.05, 3.63) is 35.4 Å². The normalized spacial score (nSPS) is 15.9. The molecule has 1 saturated carbocycles. The number of amides is 1. The summed E-state index contributed by atoms with van der Waals surface area (Å²) in [4.78, 5) is 25.2. The third kappa shape index (κ3) is 3.00. The zero-order valence-corrected chi connectivity index (χ0v) is 10.9. The molecule has 2 rings (SSSR count). The average molecular weight is 256 g/mol. The molecule has 0 spiro atoms. The number of nitriles is 1. The van der Waals surface area contributed by atoms with Crippen LogP contribution in [0.5, 0.6) is 0 Å². The van der Waals surface area contributed by atoms with Crippen molar-refractivity contribution in [2.24, 2.45) is 0 Å². The van der Waals surface area contributed by atoms with E-state index in [1.54, 1.807) is 36.2 Å². The van der Waals surface area contributed by atoms with Crippen molar-refractivity contribution in [2.45, 2.75) is 31.7 Å². The van der Waals surface area contributed by atoms with Crippen molar-refractivity contribution in [2.75, 3.05) is 7.05 Å².